The van der Waals surface area contributed by atoms with Gasteiger partial charge in [-0.2, -0.15) is 0 Å². The van der Waals surface area contributed by atoms with E-state index in [2.05, 4.69) is 16.0 Å². The van der Waals surface area contributed by atoms with E-state index < -0.39 is 11.7 Å². The molecule has 35 heavy (non-hydrogen) atoms. The number of nitrogens with zero attached hydrogens (tertiary/aromatic N) is 2. The first-order valence-corrected chi connectivity index (χ1v) is 11.4. The van der Waals surface area contributed by atoms with Gasteiger partial charge in [0.1, 0.15) is 24.2 Å². The Balaban J connectivity index is 0.00000108. The van der Waals surface area contributed by atoms with E-state index in [-0.39, 0.29) is 19.7 Å². The van der Waals surface area contributed by atoms with E-state index in [1.807, 2.05) is 36.4 Å². The maximum absolute atomic E-state index is 10.5. The lowest BCUT2D eigenvalue weighted by molar-refractivity contribution is -0.122. The molecule has 3 aromatic rings. The molecule has 1 aliphatic heterocycles. The number of methoxy groups -OCH3 is 1. The van der Waals surface area contributed by atoms with Crippen molar-refractivity contribution >= 4 is 17.2 Å². The van der Waals surface area contributed by atoms with Crippen LogP contribution in [0.1, 0.15) is 12.8 Å². The highest BCUT2D eigenvalue weighted by atomic mass is 16.5. The van der Waals surface area contributed by atoms with E-state index >= 15 is 0 Å². The van der Waals surface area contributed by atoms with Crippen LogP contribution in [0.2, 0.25) is 0 Å². The van der Waals surface area contributed by atoms with Crippen LogP contribution in [0.5, 0.6) is 11.5 Å². The van der Waals surface area contributed by atoms with Crippen molar-refractivity contribution in [3.05, 3.63) is 54.9 Å². The summed E-state index contributed by atoms with van der Waals surface area (Å²) in [6.45, 7) is 1.42. The van der Waals surface area contributed by atoms with Crippen molar-refractivity contribution in [1.82, 2.24) is 9.88 Å². The zero-order valence-corrected chi connectivity index (χ0v) is 19.7. The second-order valence-electron chi connectivity index (χ2n) is 8.56. The van der Waals surface area contributed by atoms with Crippen molar-refractivity contribution in [1.29, 1.82) is 0 Å². The largest absolute Gasteiger partial charge is 0.495 e. The molecule has 4 rings (SSSR count). The first-order valence-electron chi connectivity index (χ1n) is 11.4. The molecule has 0 spiro atoms. The van der Waals surface area contributed by atoms with Gasteiger partial charge in [0, 0.05) is 31.4 Å². The quantitative estimate of drug-likeness (QED) is 0.355. The average Bonchev–Trinajstić information content (AvgIpc) is 2.89. The van der Waals surface area contributed by atoms with Gasteiger partial charge in [0.15, 0.2) is 0 Å². The number of hydrogen-bond donors (Lipinski definition) is 4. The van der Waals surface area contributed by atoms with E-state index in [1.165, 1.54) is 0 Å². The number of aromatic nitrogens is 1. The van der Waals surface area contributed by atoms with Gasteiger partial charge >= 0.3 is 0 Å². The Kier molecular flexibility index (Phi) is 9.39. The van der Waals surface area contributed by atoms with Crippen molar-refractivity contribution in [2.75, 3.05) is 40.0 Å². The molecule has 0 aliphatic carbocycles. The number of piperidine rings is 1. The van der Waals surface area contributed by atoms with Crippen molar-refractivity contribution in [3.8, 4) is 22.6 Å². The van der Waals surface area contributed by atoms with E-state index in [1.54, 1.807) is 19.5 Å². The lowest BCUT2D eigenvalue weighted by Crippen LogP contribution is -2.48. The molecule has 0 saturated carbocycles. The fourth-order valence-electron chi connectivity index (χ4n) is 4.14. The molecule has 1 unspecified atom stereocenters. The third kappa shape index (κ3) is 7.12. The summed E-state index contributed by atoms with van der Waals surface area (Å²) >= 11 is 0. The standard InChI is InChI=1S/C25H30N2O5.CH2O2/c1-31-22-11-19(13-26-14-22)24-12-21(10-18-4-2-3-5-23(18)24)32-16-20(29)15-27-8-6-25(30,17-28)7-9-27;2-1-3/h2-5,10-14,20,28-30H,6-9,15-17H2,1H3;1H,(H,2,3). The summed E-state index contributed by atoms with van der Waals surface area (Å²) in [6.07, 6.45) is 3.81. The molecule has 1 atom stereocenters. The summed E-state index contributed by atoms with van der Waals surface area (Å²) in [5.74, 6) is 1.36. The number of carbonyl (C=O) groups is 1. The number of aliphatic hydroxyl groups is 3. The average molecular weight is 485 g/mol. The van der Waals surface area contributed by atoms with Gasteiger partial charge in [0.25, 0.3) is 6.47 Å². The first kappa shape index (κ1) is 26.4. The Morgan fingerprint density at radius 2 is 1.86 bits per heavy atom. The third-order valence-electron chi connectivity index (χ3n) is 6.09. The highest BCUT2D eigenvalue weighted by molar-refractivity contribution is 5.97. The lowest BCUT2D eigenvalue weighted by atomic mass is 9.92. The van der Waals surface area contributed by atoms with Crippen LogP contribution in [0, 0.1) is 0 Å². The molecule has 9 heteroatoms. The molecule has 0 bridgehead atoms. The molecular formula is C26H32N2O7. The summed E-state index contributed by atoms with van der Waals surface area (Å²) in [5.41, 5.74) is 0.920. The van der Waals surface area contributed by atoms with Gasteiger partial charge < -0.3 is 34.8 Å². The normalized spacial score (nSPS) is 16.1. The smallest absolute Gasteiger partial charge is 0.290 e. The lowest BCUT2D eigenvalue weighted by Gasteiger charge is -2.37. The summed E-state index contributed by atoms with van der Waals surface area (Å²) in [7, 11) is 1.62. The van der Waals surface area contributed by atoms with Gasteiger partial charge in [-0.1, -0.05) is 24.3 Å². The first-order chi connectivity index (χ1) is 16.9. The molecule has 1 fully saturated rings. The summed E-state index contributed by atoms with van der Waals surface area (Å²) < 4.78 is 11.3. The molecule has 4 N–H and O–H groups in total. The van der Waals surface area contributed by atoms with Crippen LogP contribution in [0.3, 0.4) is 0 Å². The Bertz CT molecular complexity index is 1100. The summed E-state index contributed by atoms with van der Waals surface area (Å²) in [6, 6.07) is 14.0. The van der Waals surface area contributed by atoms with E-state index in [4.69, 9.17) is 19.4 Å². The van der Waals surface area contributed by atoms with Crippen LogP contribution in [0.4, 0.5) is 0 Å². The number of likely N-dealkylation sites (tertiary alicyclic amines) is 1. The van der Waals surface area contributed by atoms with Gasteiger partial charge in [0.2, 0.25) is 0 Å². The fraction of sp³-hybridized carbons (Fsp3) is 0.385. The molecule has 0 amide bonds. The number of benzene rings is 2. The van der Waals surface area contributed by atoms with Gasteiger partial charge in [-0.25, -0.2) is 0 Å². The molecule has 0 radical (unpaired) electrons. The summed E-state index contributed by atoms with van der Waals surface area (Å²) in [5, 5.41) is 39.0. The number of hydrogen-bond acceptors (Lipinski definition) is 8. The number of pyridine rings is 1. The van der Waals surface area contributed by atoms with Crippen LogP contribution in [-0.4, -0.2) is 88.4 Å². The summed E-state index contributed by atoms with van der Waals surface area (Å²) in [4.78, 5) is 14.7. The Morgan fingerprint density at radius 3 is 2.54 bits per heavy atom. The SMILES string of the molecule is COc1cncc(-c2cc(OCC(O)CN3CCC(O)(CO)CC3)cc3ccccc23)c1.O=CO. The molecule has 188 valence electrons. The number of rotatable bonds is 8. The van der Waals surface area contributed by atoms with Crippen LogP contribution < -0.4 is 9.47 Å². The topological polar surface area (TPSA) is 133 Å². The van der Waals surface area contributed by atoms with E-state index in [9.17, 15) is 15.3 Å². The highest BCUT2D eigenvalue weighted by Crippen LogP contribution is 2.34. The predicted octanol–water partition coefficient (Wildman–Crippen LogP) is 2.17. The van der Waals surface area contributed by atoms with Crippen LogP contribution in [-0.2, 0) is 4.79 Å². The molecule has 9 nitrogen and oxygen atoms in total. The van der Waals surface area contributed by atoms with Crippen LogP contribution >= 0.6 is 0 Å². The van der Waals surface area contributed by atoms with Crippen molar-refractivity contribution in [2.45, 2.75) is 24.5 Å². The number of aliphatic hydroxyl groups excluding tert-OH is 2. The van der Waals surface area contributed by atoms with Crippen molar-refractivity contribution in [3.63, 3.8) is 0 Å². The second kappa shape index (κ2) is 12.5. The molecule has 1 saturated heterocycles. The Morgan fingerprint density at radius 1 is 1.14 bits per heavy atom. The monoisotopic (exact) mass is 484 g/mol. The van der Waals surface area contributed by atoms with Crippen LogP contribution in [0.25, 0.3) is 21.9 Å². The molecule has 1 aromatic heterocycles. The van der Waals surface area contributed by atoms with E-state index in [0.717, 1.165) is 21.9 Å². The number of β-amino-alcohol motifs (C(OH)–C–C–N with tert-alkyl or cyclic N) is 1. The minimum absolute atomic E-state index is 0.162. The Labute approximate surface area is 204 Å². The molecule has 2 heterocycles. The minimum Gasteiger partial charge on any atom is -0.495 e. The van der Waals surface area contributed by atoms with Crippen LogP contribution in [0.15, 0.2) is 54.9 Å². The second-order valence-corrected chi connectivity index (χ2v) is 8.56. The molecule has 1 aliphatic rings. The number of fused-ring (bicyclic) bond motifs is 1. The zero-order valence-electron chi connectivity index (χ0n) is 19.7. The van der Waals surface area contributed by atoms with Gasteiger partial charge in [-0.05, 0) is 47.4 Å². The van der Waals surface area contributed by atoms with Gasteiger partial charge in [0.05, 0.1) is 25.5 Å². The number of ether oxygens (including phenoxy) is 2. The maximum atomic E-state index is 10.5. The predicted molar refractivity (Wildman–Crippen MR) is 132 cm³/mol. The molecule has 2 aromatic carbocycles. The van der Waals surface area contributed by atoms with Gasteiger partial charge in [-0.3, -0.25) is 9.78 Å². The molecular weight excluding hydrogens is 452 g/mol. The number of carboxylic acid groups (broad SMARTS) is 1. The maximum Gasteiger partial charge on any atom is 0.290 e. The highest BCUT2D eigenvalue weighted by Gasteiger charge is 2.32. The fourth-order valence-corrected chi connectivity index (χ4v) is 4.14. The van der Waals surface area contributed by atoms with Gasteiger partial charge in [-0.15, -0.1) is 0 Å². The van der Waals surface area contributed by atoms with Crippen molar-refractivity contribution < 1.29 is 34.7 Å². The zero-order chi connectivity index (χ0) is 25.3. The van der Waals surface area contributed by atoms with E-state index in [0.29, 0.717) is 44.0 Å². The third-order valence-corrected chi connectivity index (χ3v) is 6.09. The van der Waals surface area contributed by atoms with Crippen molar-refractivity contribution in [2.24, 2.45) is 0 Å². The minimum atomic E-state index is -0.992. The Hall–Kier alpha value is -3.24.